The molecule has 1 atom stereocenters. The quantitative estimate of drug-likeness (QED) is 0.461. The number of carbonyl (C=O) groups is 1. The molecule has 184 valence electrons. The van der Waals surface area contributed by atoms with Gasteiger partial charge in [-0.3, -0.25) is 4.79 Å². The monoisotopic (exact) mass is 487 g/mol. The average Bonchev–Trinajstić information content (AvgIpc) is 3.35. The number of amides is 1. The van der Waals surface area contributed by atoms with E-state index in [1.54, 1.807) is 4.90 Å². The molecule has 2 aliphatic heterocycles. The maximum Gasteiger partial charge on any atom is 0.250 e. The zero-order chi connectivity index (χ0) is 24.7. The Morgan fingerprint density at radius 2 is 2.00 bits per heavy atom. The molecule has 1 saturated carbocycles. The Morgan fingerprint density at radius 1 is 1.19 bits per heavy atom. The van der Waals surface area contributed by atoms with Gasteiger partial charge in [0.1, 0.15) is 11.9 Å². The summed E-state index contributed by atoms with van der Waals surface area (Å²) in [4.78, 5) is 22.6. The van der Waals surface area contributed by atoms with Crippen LogP contribution in [0.3, 0.4) is 0 Å². The summed E-state index contributed by atoms with van der Waals surface area (Å²) >= 11 is 0. The minimum Gasteiger partial charge on any atom is -0.488 e. The van der Waals surface area contributed by atoms with Crippen LogP contribution < -0.4 is 20.3 Å². The highest BCUT2D eigenvalue weighted by molar-refractivity contribution is 6.03. The highest BCUT2D eigenvalue weighted by Crippen LogP contribution is 2.57. The SMILES string of the molecule is C=CC(=O)N1CC2(CC2)c2ccc(Nc3nc(Nc4ccc(OC5CCOC5)cc4)ncc3F)cc21. The highest BCUT2D eigenvalue weighted by atomic mass is 19.1. The zero-order valence-corrected chi connectivity index (χ0v) is 19.7. The Bertz CT molecular complexity index is 1320. The first-order valence-electron chi connectivity index (χ1n) is 12.0. The number of fused-ring (bicyclic) bond motifs is 2. The number of rotatable bonds is 7. The minimum absolute atomic E-state index is 0.0365. The van der Waals surface area contributed by atoms with E-state index in [-0.39, 0.29) is 29.2 Å². The number of ether oxygens (including phenoxy) is 2. The topological polar surface area (TPSA) is 88.6 Å². The molecule has 3 aliphatic rings. The van der Waals surface area contributed by atoms with Gasteiger partial charge in [-0.2, -0.15) is 4.98 Å². The molecule has 0 bridgehead atoms. The molecule has 2 aromatic carbocycles. The normalized spacial score (nSPS) is 19.1. The van der Waals surface area contributed by atoms with E-state index in [1.165, 1.54) is 6.08 Å². The molecule has 3 aromatic rings. The van der Waals surface area contributed by atoms with Gasteiger partial charge < -0.3 is 25.0 Å². The van der Waals surface area contributed by atoms with Crippen LogP contribution in [0.2, 0.25) is 0 Å². The molecule has 36 heavy (non-hydrogen) atoms. The Kier molecular flexibility index (Phi) is 5.56. The second kappa shape index (κ2) is 8.91. The smallest absolute Gasteiger partial charge is 0.250 e. The molecule has 1 spiro atoms. The van der Waals surface area contributed by atoms with Crippen LogP contribution in [-0.4, -0.2) is 41.7 Å². The van der Waals surface area contributed by atoms with Crippen molar-refractivity contribution in [2.24, 2.45) is 0 Å². The first-order chi connectivity index (χ1) is 17.5. The average molecular weight is 488 g/mol. The van der Waals surface area contributed by atoms with E-state index in [0.29, 0.717) is 18.8 Å². The van der Waals surface area contributed by atoms with Gasteiger partial charge in [-0.1, -0.05) is 12.6 Å². The van der Waals surface area contributed by atoms with Crippen molar-refractivity contribution in [3.05, 3.63) is 72.7 Å². The second-order valence-corrected chi connectivity index (χ2v) is 9.41. The van der Waals surface area contributed by atoms with Gasteiger partial charge in [0, 0.05) is 35.4 Å². The van der Waals surface area contributed by atoms with Crippen LogP contribution in [0.1, 0.15) is 24.8 Å². The predicted octanol–water partition coefficient (Wildman–Crippen LogP) is 4.83. The fraction of sp³-hybridized carbons (Fsp3) is 0.296. The van der Waals surface area contributed by atoms with Crippen molar-refractivity contribution in [1.29, 1.82) is 0 Å². The van der Waals surface area contributed by atoms with Gasteiger partial charge in [0.15, 0.2) is 11.6 Å². The summed E-state index contributed by atoms with van der Waals surface area (Å²) in [6, 6.07) is 13.2. The van der Waals surface area contributed by atoms with E-state index < -0.39 is 5.82 Å². The summed E-state index contributed by atoms with van der Waals surface area (Å²) in [5.74, 6) is 0.325. The lowest BCUT2D eigenvalue weighted by Crippen LogP contribution is -2.29. The van der Waals surface area contributed by atoms with Gasteiger partial charge in [0.05, 0.1) is 19.4 Å². The first-order valence-corrected chi connectivity index (χ1v) is 12.0. The number of halogens is 1. The van der Waals surface area contributed by atoms with Crippen molar-refractivity contribution in [2.45, 2.75) is 30.8 Å². The molecule has 0 radical (unpaired) electrons. The summed E-state index contributed by atoms with van der Waals surface area (Å²) in [7, 11) is 0. The molecule has 8 nitrogen and oxygen atoms in total. The molecule has 3 heterocycles. The number of benzene rings is 2. The highest BCUT2D eigenvalue weighted by Gasteiger charge is 2.52. The molecular weight excluding hydrogens is 461 g/mol. The van der Waals surface area contributed by atoms with Crippen LogP contribution in [0.25, 0.3) is 0 Å². The number of nitrogens with zero attached hydrogens (tertiary/aromatic N) is 3. The van der Waals surface area contributed by atoms with E-state index >= 15 is 0 Å². The molecule has 6 rings (SSSR count). The number of nitrogens with one attached hydrogen (secondary N) is 2. The summed E-state index contributed by atoms with van der Waals surface area (Å²) < 4.78 is 25.8. The van der Waals surface area contributed by atoms with Crippen LogP contribution in [0, 0.1) is 5.82 Å². The maximum atomic E-state index is 14.6. The Hall–Kier alpha value is -3.98. The Balaban J connectivity index is 1.18. The summed E-state index contributed by atoms with van der Waals surface area (Å²) in [5.41, 5.74) is 3.42. The van der Waals surface area contributed by atoms with Crippen molar-refractivity contribution in [3.8, 4) is 5.75 Å². The fourth-order valence-electron chi connectivity index (χ4n) is 4.84. The lowest BCUT2D eigenvalue weighted by molar-refractivity contribution is -0.114. The number of hydrogen-bond donors (Lipinski definition) is 2. The van der Waals surface area contributed by atoms with Crippen molar-refractivity contribution in [3.63, 3.8) is 0 Å². The maximum absolute atomic E-state index is 14.6. The van der Waals surface area contributed by atoms with Crippen LogP contribution in [0.4, 0.5) is 33.2 Å². The van der Waals surface area contributed by atoms with Crippen LogP contribution in [0.5, 0.6) is 5.75 Å². The van der Waals surface area contributed by atoms with E-state index in [0.717, 1.165) is 54.8 Å². The summed E-state index contributed by atoms with van der Waals surface area (Å²) in [6.07, 6.45) is 5.53. The number of carbonyl (C=O) groups excluding carboxylic acids is 1. The lowest BCUT2D eigenvalue weighted by Gasteiger charge is -2.16. The van der Waals surface area contributed by atoms with Gasteiger partial charge in [0.25, 0.3) is 0 Å². The molecule has 1 unspecified atom stereocenters. The lowest BCUT2D eigenvalue weighted by atomic mass is 9.98. The Morgan fingerprint density at radius 3 is 2.72 bits per heavy atom. The molecule has 1 amide bonds. The van der Waals surface area contributed by atoms with Crippen LogP contribution in [-0.2, 0) is 14.9 Å². The minimum atomic E-state index is -0.582. The predicted molar refractivity (Wildman–Crippen MR) is 135 cm³/mol. The van der Waals surface area contributed by atoms with Gasteiger partial charge in [0.2, 0.25) is 11.9 Å². The van der Waals surface area contributed by atoms with Gasteiger partial charge in [-0.05, 0) is 60.9 Å². The first kappa shape index (κ1) is 22.5. The van der Waals surface area contributed by atoms with Crippen molar-refractivity contribution in [2.75, 3.05) is 35.3 Å². The van der Waals surface area contributed by atoms with E-state index in [2.05, 4.69) is 27.2 Å². The molecule has 1 saturated heterocycles. The molecule has 1 aromatic heterocycles. The van der Waals surface area contributed by atoms with E-state index in [9.17, 15) is 9.18 Å². The third-order valence-electron chi connectivity index (χ3n) is 6.92. The van der Waals surface area contributed by atoms with Gasteiger partial charge >= 0.3 is 0 Å². The van der Waals surface area contributed by atoms with Gasteiger partial charge in [-0.15, -0.1) is 0 Å². The largest absolute Gasteiger partial charge is 0.488 e. The fourth-order valence-corrected chi connectivity index (χ4v) is 4.84. The molecule has 9 heteroatoms. The van der Waals surface area contributed by atoms with Gasteiger partial charge in [-0.25, -0.2) is 9.37 Å². The summed E-state index contributed by atoms with van der Waals surface area (Å²) in [5, 5.41) is 6.14. The molecule has 2 N–H and O–H groups in total. The molecule has 1 aliphatic carbocycles. The Labute approximate surface area is 208 Å². The van der Waals surface area contributed by atoms with E-state index in [4.69, 9.17) is 9.47 Å². The second-order valence-electron chi connectivity index (χ2n) is 9.41. The number of hydrogen-bond acceptors (Lipinski definition) is 7. The zero-order valence-electron chi connectivity index (χ0n) is 19.7. The molecule has 2 fully saturated rings. The standard InChI is InChI=1S/C27H26FN5O3/c1-2-24(34)33-16-27(10-11-27)21-8-5-18(13-23(21)33)30-25-22(28)14-29-26(32-25)31-17-3-6-19(7-4-17)36-20-9-12-35-15-20/h2-8,13-14,20H,1,9-12,15-16H2,(H2,29,30,31,32). The third kappa shape index (κ3) is 4.26. The van der Waals surface area contributed by atoms with Crippen molar-refractivity contribution in [1.82, 2.24) is 9.97 Å². The number of aromatic nitrogens is 2. The van der Waals surface area contributed by atoms with Crippen LogP contribution >= 0.6 is 0 Å². The van der Waals surface area contributed by atoms with Crippen LogP contribution in [0.15, 0.2) is 61.3 Å². The molecular formula is C27H26FN5O3. The van der Waals surface area contributed by atoms with Crippen molar-refractivity contribution < 1.29 is 18.7 Å². The summed E-state index contributed by atoms with van der Waals surface area (Å²) in [6.45, 7) is 5.61. The third-order valence-corrected chi connectivity index (χ3v) is 6.92. The van der Waals surface area contributed by atoms with E-state index in [1.807, 2.05) is 42.5 Å². The van der Waals surface area contributed by atoms with Crippen molar-refractivity contribution >= 4 is 34.7 Å². The number of anilines is 5.